The number of fused-ring (bicyclic) bond motifs is 6. The van der Waals surface area contributed by atoms with Crippen molar-refractivity contribution in [1.29, 1.82) is 0 Å². The van der Waals surface area contributed by atoms with E-state index in [1.807, 2.05) is 0 Å². The Morgan fingerprint density at radius 3 is 2.58 bits per heavy atom. The molecule has 8 heterocycles. The summed E-state index contributed by atoms with van der Waals surface area (Å²) in [7, 11) is 1.50. The third kappa shape index (κ3) is 9.73. The van der Waals surface area contributed by atoms with Crippen LogP contribution in [0.4, 0.5) is 20.3 Å². The topological polar surface area (TPSA) is 185 Å². The number of unbranched alkanes of at least 4 members (excludes halogenated alkanes) is 1. The minimum absolute atomic E-state index is 0.0194. The molecular weight excluding hydrogens is 971 g/mol. The number of halogens is 2. The number of rotatable bonds is 18. The Labute approximate surface area is 440 Å². The summed E-state index contributed by atoms with van der Waals surface area (Å²) in [5.74, 6) is 0.774. The molecule has 0 radical (unpaired) electrons. The number of aromatic nitrogens is 3. The molecule has 0 aliphatic carbocycles. The molecule has 2 bridgehead atoms. The highest BCUT2D eigenvalue weighted by Gasteiger charge is 2.51. The number of phenolic OH excluding ortho intramolecular Hbond substituents is 1. The first-order chi connectivity index (χ1) is 36.8. The maximum absolute atomic E-state index is 17.3. The number of benzene rings is 3. The van der Waals surface area contributed by atoms with Crippen molar-refractivity contribution >= 4 is 57.2 Å². The van der Waals surface area contributed by atoms with Crippen LogP contribution in [-0.4, -0.2) is 148 Å². The summed E-state index contributed by atoms with van der Waals surface area (Å²) in [6, 6.07) is 10.6. The van der Waals surface area contributed by atoms with Crippen LogP contribution >= 0.6 is 0 Å². The number of carbonyl (C=O) groups is 4. The molecule has 16 nitrogen and oxygen atoms in total. The number of phenols is 1. The number of ether oxygens (including phenoxy) is 1. The van der Waals surface area contributed by atoms with Gasteiger partial charge in [0.1, 0.15) is 41.5 Å². The van der Waals surface area contributed by atoms with E-state index in [1.54, 1.807) is 24.4 Å². The van der Waals surface area contributed by atoms with Crippen molar-refractivity contribution < 1.29 is 37.8 Å². The van der Waals surface area contributed by atoms with Crippen LogP contribution in [0.1, 0.15) is 103 Å². The number of piperidine rings is 1. The van der Waals surface area contributed by atoms with Gasteiger partial charge in [0, 0.05) is 87.2 Å². The van der Waals surface area contributed by atoms with Gasteiger partial charge in [-0.1, -0.05) is 37.0 Å². The molecule has 5 atom stereocenters. The molecule has 5 unspecified atom stereocenters. The lowest BCUT2D eigenvalue weighted by molar-refractivity contribution is -0.121. The van der Waals surface area contributed by atoms with Crippen LogP contribution < -0.4 is 25.6 Å². The summed E-state index contributed by atoms with van der Waals surface area (Å²) in [5.41, 5.74) is 2.12. The van der Waals surface area contributed by atoms with Gasteiger partial charge in [0.25, 0.3) is 11.8 Å². The fourth-order valence-electron chi connectivity index (χ4n) is 13.1. The molecule has 5 aromatic rings. The second-order valence-electron chi connectivity index (χ2n) is 21.8. The molecule has 76 heavy (non-hydrogen) atoms. The molecule has 11 rings (SSSR count). The first kappa shape index (κ1) is 51.1. The smallest absolute Gasteiger partial charge is 0.319 e. The Hall–Kier alpha value is -7.07. The first-order valence-corrected chi connectivity index (χ1v) is 26.8. The Morgan fingerprint density at radius 1 is 1.03 bits per heavy atom. The number of likely N-dealkylation sites (tertiary alicyclic amines) is 1. The van der Waals surface area contributed by atoms with E-state index in [2.05, 4.69) is 48.1 Å². The maximum atomic E-state index is 17.3. The number of hydrogen-bond donors (Lipinski definition) is 4. The van der Waals surface area contributed by atoms with Crippen LogP contribution in [0.15, 0.2) is 60.8 Å². The molecule has 0 saturated carbocycles. The number of anilines is 2. The number of hydrogen-bond acceptors (Lipinski definition) is 14. The van der Waals surface area contributed by atoms with E-state index in [-0.39, 0.29) is 87.0 Å². The third-order valence-corrected chi connectivity index (χ3v) is 16.9. The molecule has 18 heteroatoms. The zero-order chi connectivity index (χ0) is 52.8. The summed E-state index contributed by atoms with van der Waals surface area (Å²) in [4.78, 5) is 72.7. The quantitative estimate of drug-likeness (QED) is 0.0232. The van der Waals surface area contributed by atoms with Crippen molar-refractivity contribution in [2.45, 2.75) is 107 Å². The van der Waals surface area contributed by atoms with Crippen LogP contribution in [-0.2, 0) is 9.59 Å². The lowest BCUT2D eigenvalue weighted by atomic mass is 9.91. The molecule has 6 aliphatic rings. The van der Waals surface area contributed by atoms with Crippen molar-refractivity contribution in [3.8, 4) is 35.4 Å². The molecule has 3 aromatic carbocycles. The van der Waals surface area contributed by atoms with E-state index >= 15 is 8.78 Å². The van der Waals surface area contributed by atoms with Gasteiger partial charge in [0.05, 0.1) is 33.7 Å². The lowest BCUT2D eigenvalue weighted by Gasteiger charge is -2.38. The Kier molecular flexibility index (Phi) is 14.2. The highest BCUT2D eigenvalue weighted by Crippen LogP contribution is 2.46. The number of piperazine rings is 1. The second kappa shape index (κ2) is 21.2. The van der Waals surface area contributed by atoms with Gasteiger partial charge in [-0.2, -0.15) is 9.97 Å². The van der Waals surface area contributed by atoms with Gasteiger partial charge < -0.3 is 40.4 Å². The van der Waals surface area contributed by atoms with E-state index in [0.717, 1.165) is 113 Å². The number of pyridine rings is 1. The number of imide groups is 1. The van der Waals surface area contributed by atoms with E-state index < -0.39 is 29.5 Å². The molecule has 396 valence electrons. The number of carbonyl (C=O) groups excluding carboxylic acids is 4. The fraction of sp³-hybridized carbons (Fsp3) is 0.466. The molecular formula is C58H64F2N10O6. The molecule has 5 saturated heterocycles. The minimum Gasteiger partial charge on any atom is -0.508 e. The first-order valence-electron chi connectivity index (χ1n) is 26.8. The summed E-state index contributed by atoms with van der Waals surface area (Å²) >= 11 is 0. The zero-order valence-corrected chi connectivity index (χ0v) is 42.9. The average Bonchev–Trinajstić information content (AvgIpc) is 4.13. The van der Waals surface area contributed by atoms with Crippen molar-refractivity contribution in [2.24, 2.45) is 5.92 Å². The molecule has 2 aromatic heterocycles. The van der Waals surface area contributed by atoms with Crippen molar-refractivity contribution in [3.63, 3.8) is 0 Å². The summed E-state index contributed by atoms with van der Waals surface area (Å²) in [6.07, 6.45) is 18.2. The van der Waals surface area contributed by atoms with E-state index in [0.29, 0.717) is 54.5 Å². The molecule has 5 fully saturated rings. The normalized spacial score (nSPS) is 23.1. The zero-order valence-electron chi connectivity index (χ0n) is 42.9. The molecule has 4 N–H and O–H groups in total. The van der Waals surface area contributed by atoms with E-state index in [9.17, 15) is 24.3 Å². The van der Waals surface area contributed by atoms with Gasteiger partial charge in [-0.3, -0.25) is 29.2 Å². The van der Waals surface area contributed by atoms with Crippen molar-refractivity contribution in [1.82, 2.24) is 40.3 Å². The number of aromatic hydroxyl groups is 1. The third-order valence-electron chi connectivity index (χ3n) is 16.9. The van der Waals surface area contributed by atoms with Gasteiger partial charge in [-0.05, 0) is 119 Å². The molecule has 0 spiro atoms. The second-order valence-corrected chi connectivity index (χ2v) is 21.8. The van der Waals surface area contributed by atoms with Gasteiger partial charge in [0.2, 0.25) is 5.91 Å². The van der Waals surface area contributed by atoms with Crippen molar-refractivity contribution in [2.75, 3.05) is 69.7 Å². The monoisotopic (exact) mass is 1030 g/mol. The van der Waals surface area contributed by atoms with Crippen LogP contribution in [0.25, 0.3) is 32.9 Å². The highest BCUT2D eigenvalue weighted by atomic mass is 19.1. The molecule has 6 aliphatic heterocycles. The maximum Gasteiger partial charge on any atom is 0.319 e. The molecule has 3 amide bonds. The van der Waals surface area contributed by atoms with Gasteiger partial charge in [-0.25, -0.2) is 8.78 Å². The number of terminal acetylenes is 1. The van der Waals surface area contributed by atoms with Crippen molar-refractivity contribution in [3.05, 3.63) is 89.1 Å². The van der Waals surface area contributed by atoms with Crippen LogP contribution in [0.2, 0.25) is 0 Å². The number of amides is 3. The Balaban J connectivity index is 0.712. The van der Waals surface area contributed by atoms with Crippen LogP contribution in [0, 0.1) is 29.9 Å². The summed E-state index contributed by atoms with van der Waals surface area (Å²) in [6.45, 7) is 10.7. The van der Waals surface area contributed by atoms with Gasteiger partial charge in [0.15, 0.2) is 5.82 Å². The fourth-order valence-corrected chi connectivity index (χ4v) is 13.1. The van der Waals surface area contributed by atoms with E-state index in [1.165, 1.54) is 31.3 Å². The summed E-state index contributed by atoms with van der Waals surface area (Å²) in [5, 5.41) is 21.5. The number of nitrogens with zero attached hydrogens (tertiary/aromatic N) is 7. The SMILES string of the molecule is C#Cc1c(F)ccc2cc(O)cc(-c3ncc4c(N5CC6CCC(C5)N6)nc(OCC56CCC(CN7CCC(CCCCNc8ccc9c(c8)C(=O)N(C(C=O)CCC(=O)NC)C9=O)CC7)N5CC(=C)C6)nc4c3F)c12. The predicted octanol–water partition coefficient (Wildman–Crippen LogP) is 6.98. The Morgan fingerprint density at radius 2 is 1.82 bits per heavy atom. The number of aldehydes is 1. The largest absolute Gasteiger partial charge is 0.508 e. The predicted molar refractivity (Wildman–Crippen MR) is 285 cm³/mol. The van der Waals surface area contributed by atoms with Gasteiger partial charge >= 0.3 is 6.01 Å². The van der Waals surface area contributed by atoms with E-state index in [4.69, 9.17) is 21.1 Å². The minimum atomic E-state index is -1.01. The number of nitrogens with one attached hydrogen (secondary N) is 3. The lowest BCUT2D eigenvalue weighted by Crippen LogP contribution is -2.51. The van der Waals surface area contributed by atoms with Crippen LogP contribution in [0.3, 0.4) is 0 Å². The summed E-state index contributed by atoms with van der Waals surface area (Å²) < 4.78 is 39.1. The standard InChI is InChI=1S/C58H64F2N10O6/c1-4-43-48(59)14-8-36-23-42(72)25-46(50(36)43)52-51(60)53-47(27-63-52)54(68-29-38-9-10-39(30-68)64-38)66-57(65-53)76-33-58-19-16-40(69(58)28-34(2)26-58)31-67-21-17-35(18-22-67)7-5-6-20-62-37-11-13-44-45(24-37)56(75)70(55(44)74)41(32-71)12-15-49(73)61-3/h1,8,11,13-14,23-25,27,32,35,38-41,62,64,72H,2,5-7,9-10,12,15-22,26,28-31,33H2,3H3,(H,61,73). The van der Waals surface area contributed by atoms with Crippen LogP contribution in [0.5, 0.6) is 11.8 Å². The average molecular weight is 1040 g/mol. The Bertz CT molecular complexity index is 3180. The highest BCUT2D eigenvalue weighted by molar-refractivity contribution is 6.22. The van der Waals surface area contributed by atoms with Gasteiger partial charge in [-0.15, -0.1) is 6.42 Å².